The summed E-state index contributed by atoms with van der Waals surface area (Å²) in [6, 6.07) is 14.1. The van der Waals surface area contributed by atoms with Gasteiger partial charge < -0.3 is 19.5 Å². The predicted molar refractivity (Wildman–Crippen MR) is 125 cm³/mol. The molecular weight excluding hydrogens is 432 g/mol. The molecule has 0 saturated carbocycles. The lowest BCUT2D eigenvalue weighted by Gasteiger charge is -2.23. The molecule has 0 aliphatic rings. The van der Waals surface area contributed by atoms with Gasteiger partial charge in [-0.25, -0.2) is 8.42 Å². The van der Waals surface area contributed by atoms with Gasteiger partial charge in [0.15, 0.2) is 0 Å². The third kappa shape index (κ3) is 8.66. The molecule has 0 saturated heterocycles. The zero-order valence-electron chi connectivity index (χ0n) is 19.0. The van der Waals surface area contributed by atoms with Crippen molar-refractivity contribution in [2.75, 3.05) is 37.4 Å². The van der Waals surface area contributed by atoms with Crippen LogP contribution in [0, 0.1) is 0 Å². The van der Waals surface area contributed by atoms with Gasteiger partial charge in [-0.3, -0.25) is 9.10 Å². The van der Waals surface area contributed by atoms with Crippen molar-refractivity contribution in [1.29, 1.82) is 0 Å². The number of sulfonamides is 1. The van der Waals surface area contributed by atoms with Crippen LogP contribution in [0.5, 0.6) is 17.2 Å². The fourth-order valence-electron chi connectivity index (χ4n) is 2.97. The van der Waals surface area contributed by atoms with Gasteiger partial charge in [0.2, 0.25) is 15.9 Å². The highest BCUT2D eigenvalue weighted by Gasteiger charge is 2.18. The zero-order chi connectivity index (χ0) is 23.6. The van der Waals surface area contributed by atoms with Crippen LogP contribution in [0.2, 0.25) is 0 Å². The van der Waals surface area contributed by atoms with Gasteiger partial charge in [0.25, 0.3) is 0 Å². The van der Waals surface area contributed by atoms with Gasteiger partial charge >= 0.3 is 0 Å². The Kier molecular flexibility index (Phi) is 9.64. The summed E-state index contributed by atoms with van der Waals surface area (Å²) < 4.78 is 42.2. The van der Waals surface area contributed by atoms with Crippen LogP contribution in [-0.2, 0) is 14.8 Å². The number of amides is 1. The quantitative estimate of drug-likeness (QED) is 0.458. The molecule has 0 radical (unpaired) electrons. The van der Waals surface area contributed by atoms with Gasteiger partial charge in [0, 0.05) is 19.0 Å². The Labute approximate surface area is 190 Å². The molecule has 2 aromatic carbocycles. The summed E-state index contributed by atoms with van der Waals surface area (Å²) in [5.41, 5.74) is 0.513. The normalized spacial score (nSPS) is 11.2. The predicted octanol–water partition coefficient (Wildman–Crippen LogP) is 3.22. The Balaban J connectivity index is 1.79. The Bertz CT molecular complexity index is 961. The fourth-order valence-corrected chi connectivity index (χ4v) is 3.93. The number of benzene rings is 2. The number of anilines is 1. The molecule has 0 aliphatic heterocycles. The number of nitrogens with zero attached hydrogens (tertiary/aromatic N) is 1. The van der Waals surface area contributed by atoms with Gasteiger partial charge in [-0.05, 0) is 56.7 Å². The van der Waals surface area contributed by atoms with E-state index in [2.05, 4.69) is 5.32 Å². The molecule has 8 nitrogen and oxygen atoms in total. The Hall–Kier alpha value is -2.94. The Morgan fingerprint density at radius 2 is 1.75 bits per heavy atom. The highest BCUT2D eigenvalue weighted by atomic mass is 32.2. The summed E-state index contributed by atoms with van der Waals surface area (Å²) in [6.45, 7) is 4.69. The maximum Gasteiger partial charge on any atom is 0.232 e. The highest BCUT2D eigenvalue weighted by molar-refractivity contribution is 7.92. The zero-order valence-corrected chi connectivity index (χ0v) is 19.9. The van der Waals surface area contributed by atoms with E-state index in [-0.39, 0.29) is 25.0 Å². The topological polar surface area (TPSA) is 94.2 Å². The maximum atomic E-state index is 12.3. The van der Waals surface area contributed by atoms with Crippen molar-refractivity contribution < 1.29 is 27.4 Å². The van der Waals surface area contributed by atoms with Crippen LogP contribution in [0.15, 0.2) is 48.5 Å². The van der Waals surface area contributed by atoms with Crippen molar-refractivity contribution in [1.82, 2.24) is 5.32 Å². The molecule has 0 aromatic heterocycles. The van der Waals surface area contributed by atoms with Gasteiger partial charge in [-0.15, -0.1) is 0 Å². The van der Waals surface area contributed by atoms with E-state index in [1.165, 1.54) is 4.31 Å². The number of ether oxygens (including phenoxy) is 3. The molecule has 0 atom stereocenters. The monoisotopic (exact) mass is 464 g/mol. The SMILES string of the molecule is COc1ccc(OCCNC(=O)CCCN(c2cccc(OC(C)C)c2)S(C)(=O)=O)cc1. The first-order chi connectivity index (χ1) is 15.2. The number of carbonyl (C=O) groups excluding carboxylic acids is 1. The number of hydrogen-bond donors (Lipinski definition) is 1. The number of nitrogens with one attached hydrogen (secondary N) is 1. The number of methoxy groups -OCH3 is 1. The Morgan fingerprint density at radius 3 is 2.38 bits per heavy atom. The summed E-state index contributed by atoms with van der Waals surface area (Å²) in [7, 11) is -1.90. The van der Waals surface area contributed by atoms with E-state index in [1.54, 1.807) is 55.6 Å². The van der Waals surface area contributed by atoms with Crippen molar-refractivity contribution in [2.24, 2.45) is 0 Å². The molecule has 32 heavy (non-hydrogen) atoms. The van der Waals surface area contributed by atoms with E-state index in [0.29, 0.717) is 36.8 Å². The first-order valence-electron chi connectivity index (χ1n) is 10.5. The summed E-state index contributed by atoms with van der Waals surface area (Å²) in [5.74, 6) is 1.87. The highest BCUT2D eigenvalue weighted by Crippen LogP contribution is 2.24. The van der Waals surface area contributed by atoms with E-state index in [4.69, 9.17) is 14.2 Å². The number of carbonyl (C=O) groups is 1. The second-order valence-electron chi connectivity index (χ2n) is 7.48. The molecule has 0 heterocycles. The summed E-state index contributed by atoms with van der Waals surface area (Å²) in [4.78, 5) is 12.1. The van der Waals surface area contributed by atoms with Crippen LogP contribution < -0.4 is 23.8 Å². The van der Waals surface area contributed by atoms with E-state index >= 15 is 0 Å². The van der Waals surface area contributed by atoms with Gasteiger partial charge in [-0.1, -0.05) is 6.07 Å². The van der Waals surface area contributed by atoms with Crippen LogP contribution in [0.4, 0.5) is 5.69 Å². The van der Waals surface area contributed by atoms with E-state index in [1.807, 2.05) is 13.8 Å². The second kappa shape index (κ2) is 12.2. The van der Waals surface area contributed by atoms with E-state index in [9.17, 15) is 13.2 Å². The average molecular weight is 465 g/mol. The molecule has 1 amide bonds. The first-order valence-corrected chi connectivity index (χ1v) is 12.3. The van der Waals surface area contributed by atoms with E-state index < -0.39 is 10.0 Å². The van der Waals surface area contributed by atoms with Crippen LogP contribution >= 0.6 is 0 Å². The Morgan fingerprint density at radius 1 is 1.06 bits per heavy atom. The van der Waals surface area contributed by atoms with E-state index in [0.717, 1.165) is 12.0 Å². The second-order valence-corrected chi connectivity index (χ2v) is 9.38. The lowest BCUT2D eigenvalue weighted by atomic mass is 10.2. The summed E-state index contributed by atoms with van der Waals surface area (Å²) in [6.07, 6.45) is 1.72. The van der Waals surface area contributed by atoms with Crippen LogP contribution in [-0.4, -0.2) is 53.5 Å². The number of rotatable bonds is 13. The molecule has 0 fully saturated rings. The van der Waals surface area contributed by atoms with Gasteiger partial charge in [0.05, 0.1) is 31.7 Å². The third-order valence-corrected chi connectivity index (χ3v) is 5.59. The fraction of sp³-hybridized carbons (Fsp3) is 0.435. The molecule has 0 unspecified atom stereocenters. The lowest BCUT2D eigenvalue weighted by Crippen LogP contribution is -2.33. The largest absolute Gasteiger partial charge is 0.497 e. The standard InChI is InChI=1S/C23H32N2O6S/c1-18(2)31-22-8-5-7-19(17-22)25(32(4,27)28)15-6-9-23(26)24-14-16-30-21-12-10-20(29-3)11-13-21/h5,7-8,10-13,17-18H,6,9,14-16H2,1-4H3,(H,24,26). The van der Waals surface area contributed by atoms with Crippen molar-refractivity contribution in [3.63, 3.8) is 0 Å². The molecule has 9 heteroatoms. The maximum absolute atomic E-state index is 12.3. The smallest absolute Gasteiger partial charge is 0.232 e. The molecular formula is C23H32N2O6S. The molecule has 2 rings (SSSR count). The molecule has 1 N–H and O–H groups in total. The minimum Gasteiger partial charge on any atom is -0.497 e. The molecule has 176 valence electrons. The number of hydrogen-bond acceptors (Lipinski definition) is 6. The van der Waals surface area contributed by atoms with Crippen LogP contribution in [0.1, 0.15) is 26.7 Å². The van der Waals surface area contributed by atoms with Crippen LogP contribution in [0.3, 0.4) is 0 Å². The molecule has 0 spiro atoms. The summed E-state index contributed by atoms with van der Waals surface area (Å²) in [5, 5.41) is 2.78. The van der Waals surface area contributed by atoms with Crippen molar-refractivity contribution in [2.45, 2.75) is 32.8 Å². The minimum atomic E-state index is -3.50. The third-order valence-electron chi connectivity index (χ3n) is 4.40. The molecule has 0 bridgehead atoms. The first kappa shape index (κ1) is 25.3. The van der Waals surface area contributed by atoms with Gasteiger partial charge in [-0.2, -0.15) is 0 Å². The lowest BCUT2D eigenvalue weighted by molar-refractivity contribution is -0.121. The summed E-state index contributed by atoms with van der Waals surface area (Å²) >= 11 is 0. The minimum absolute atomic E-state index is 0.0191. The molecule has 0 aliphatic carbocycles. The molecule has 2 aromatic rings. The van der Waals surface area contributed by atoms with Crippen molar-refractivity contribution in [3.05, 3.63) is 48.5 Å². The van der Waals surface area contributed by atoms with Crippen molar-refractivity contribution >= 4 is 21.6 Å². The van der Waals surface area contributed by atoms with Crippen molar-refractivity contribution in [3.8, 4) is 17.2 Å². The van der Waals surface area contributed by atoms with Crippen LogP contribution in [0.25, 0.3) is 0 Å². The average Bonchev–Trinajstić information content (AvgIpc) is 2.73. The van der Waals surface area contributed by atoms with Gasteiger partial charge in [0.1, 0.15) is 23.9 Å².